The molecule has 0 spiro atoms. The van der Waals surface area contributed by atoms with E-state index in [0.29, 0.717) is 17.8 Å². The lowest BCUT2D eigenvalue weighted by Crippen LogP contribution is -2.47. The molecular formula is C19H16F5N5O3S. The Labute approximate surface area is 185 Å². The van der Waals surface area contributed by atoms with Crippen LogP contribution in [-0.4, -0.2) is 47.9 Å². The molecule has 8 nitrogen and oxygen atoms in total. The van der Waals surface area contributed by atoms with E-state index in [1.165, 1.54) is 23.4 Å². The highest BCUT2D eigenvalue weighted by Gasteiger charge is 2.54. The zero-order valence-electron chi connectivity index (χ0n) is 16.7. The molecule has 0 unspecified atom stereocenters. The van der Waals surface area contributed by atoms with E-state index < -0.39 is 49.4 Å². The highest BCUT2D eigenvalue weighted by molar-refractivity contribution is 7.92. The minimum Gasteiger partial charge on any atom is -0.325 e. The number of likely N-dealkylation sites (tertiary alicyclic amines) is 1. The van der Waals surface area contributed by atoms with E-state index in [9.17, 15) is 26.4 Å². The van der Waals surface area contributed by atoms with Crippen LogP contribution in [0, 0.1) is 12.5 Å². The average Bonchev–Trinajstić information content (AvgIpc) is 2.78. The zero-order chi connectivity index (χ0) is 24.4. The first-order valence-electron chi connectivity index (χ1n) is 9.41. The Bertz CT molecular complexity index is 1170. The lowest BCUT2D eigenvalue weighted by molar-refractivity contribution is -0.137. The lowest BCUT2D eigenvalue weighted by atomic mass is 9.97. The number of halogens is 5. The Morgan fingerprint density at radius 3 is 2.33 bits per heavy atom. The lowest BCUT2D eigenvalue weighted by Gasteiger charge is -2.35. The molecule has 1 aliphatic heterocycles. The molecule has 2 amide bonds. The van der Waals surface area contributed by atoms with Crippen molar-refractivity contribution in [2.45, 2.75) is 29.2 Å². The summed E-state index contributed by atoms with van der Waals surface area (Å²) in [5.41, 5.74) is -2.02. The van der Waals surface area contributed by atoms with Crippen molar-refractivity contribution in [1.29, 1.82) is 0 Å². The number of sulfone groups is 1. The van der Waals surface area contributed by atoms with Gasteiger partial charge in [-0.05, 0) is 25.0 Å². The summed E-state index contributed by atoms with van der Waals surface area (Å²) in [5, 5.41) is 5.28. The molecule has 0 atom stereocenters. The normalized spacial score (nSPS) is 15.7. The van der Waals surface area contributed by atoms with Crippen LogP contribution in [0.3, 0.4) is 0 Å². The van der Waals surface area contributed by atoms with Crippen LogP contribution >= 0.6 is 0 Å². The SMILES string of the molecule is [C-]#[N+]c1cc(C(F)(F)F)ccc1S(=O)(=O)C(F)(F)C1CCN(C(=O)Nc2ccnnc2)CC1. The summed E-state index contributed by atoms with van der Waals surface area (Å²) < 4.78 is 94.0. The van der Waals surface area contributed by atoms with Crippen LogP contribution in [0.2, 0.25) is 0 Å². The molecule has 2 aromatic rings. The number of aromatic nitrogens is 2. The van der Waals surface area contributed by atoms with Gasteiger partial charge in [0.25, 0.3) is 0 Å². The summed E-state index contributed by atoms with van der Waals surface area (Å²) in [6.45, 7) is 6.61. The van der Waals surface area contributed by atoms with Crippen molar-refractivity contribution in [2.24, 2.45) is 5.92 Å². The van der Waals surface area contributed by atoms with E-state index in [1.807, 2.05) is 0 Å². The van der Waals surface area contributed by atoms with Crippen LogP contribution in [0.25, 0.3) is 4.85 Å². The van der Waals surface area contributed by atoms with Crippen molar-refractivity contribution in [1.82, 2.24) is 15.1 Å². The Balaban J connectivity index is 1.76. The van der Waals surface area contributed by atoms with E-state index in [4.69, 9.17) is 6.57 Å². The second-order valence-corrected chi connectivity index (χ2v) is 9.17. The standard InChI is InChI=1S/C19H16F5N5O3S/c1-25-15-10-13(18(20,21)22)2-3-16(15)33(31,32)19(23,24)12-5-8-29(9-6-12)17(30)28-14-4-7-26-27-11-14/h2-4,7,10-12H,5-6,8-9H2,(H,26,28,30). The van der Waals surface area contributed by atoms with Crippen LogP contribution < -0.4 is 5.32 Å². The van der Waals surface area contributed by atoms with Crippen LogP contribution in [0.4, 0.5) is 38.1 Å². The molecule has 1 aromatic heterocycles. The summed E-state index contributed by atoms with van der Waals surface area (Å²) in [6, 6.07) is 1.84. The number of alkyl halides is 5. The van der Waals surface area contributed by atoms with E-state index in [2.05, 4.69) is 20.4 Å². The van der Waals surface area contributed by atoms with Gasteiger partial charge in [0.1, 0.15) is 0 Å². The molecular weight excluding hydrogens is 473 g/mol. The number of urea groups is 1. The molecule has 1 N–H and O–H groups in total. The topological polar surface area (TPSA) is 96.6 Å². The third-order valence-electron chi connectivity index (χ3n) is 5.15. The second-order valence-electron chi connectivity index (χ2n) is 7.18. The molecule has 176 valence electrons. The maximum Gasteiger partial charge on any atom is 0.415 e. The number of hydrogen-bond donors (Lipinski definition) is 1. The first-order chi connectivity index (χ1) is 15.4. The molecule has 1 fully saturated rings. The highest BCUT2D eigenvalue weighted by Crippen LogP contribution is 2.44. The van der Waals surface area contributed by atoms with Crippen LogP contribution in [0.5, 0.6) is 0 Å². The monoisotopic (exact) mass is 489 g/mol. The number of rotatable bonds is 4. The minimum atomic E-state index is -5.48. The van der Waals surface area contributed by atoms with Crippen molar-refractivity contribution in [2.75, 3.05) is 18.4 Å². The third-order valence-corrected chi connectivity index (χ3v) is 7.12. The quantitative estimate of drug-likeness (QED) is 0.509. The molecule has 33 heavy (non-hydrogen) atoms. The van der Waals surface area contributed by atoms with E-state index in [0.717, 1.165) is 0 Å². The van der Waals surface area contributed by atoms with Crippen molar-refractivity contribution >= 4 is 27.2 Å². The van der Waals surface area contributed by atoms with Crippen molar-refractivity contribution in [3.05, 3.63) is 53.6 Å². The van der Waals surface area contributed by atoms with Crippen molar-refractivity contribution in [3.63, 3.8) is 0 Å². The minimum absolute atomic E-state index is 0.178. The van der Waals surface area contributed by atoms with Gasteiger partial charge in [0.15, 0.2) is 0 Å². The van der Waals surface area contributed by atoms with Gasteiger partial charge in [-0.3, -0.25) is 0 Å². The summed E-state index contributed by atoms with van der Waals surface area (Å²) in [7, 11) is -5.48. The van der Waals surface area contributed by atoms with Gasteiger partial charge in [0.05, 0.1) is 29.5 Å². The maximum absolute atomic E-state index is 15.1. The highest BCUT2D eigenvalue weighted by atomic mass is 32.2. The second kappa shape index (κ2) is 8.89. The fourth-order valence-corrected chi connectivity index (χ4v) is 4.95. The predicted octanol–water partition coefficient (Wildman–Crippen LogP) is 4.36. The van der Waals surface area contributed by atoms with Gasteiger partial charge in [0, 0.05) is 24.6 Å². The maximum atomic E-state index is 15.1. The molecule has 14 heteroatoms. The number of anilines is 1. The van der Waals surface area contributed by atoms with E-state index >= 15 is 8.78 Å². The molecule has 0 saturated carbocycles. The van der Waals surface area contributed by atoms with Crippen LogP contribution in [0.1, 0.15) is 18.4 Å². The summed E-state index contributed by atoms with van der Waals surface area (Å²) in [5.74, 6) is -1.70. The van der Waals surface area contributed by atoms with Gasteiger partial charge in [-0.1, -0.05) is 12.1 Å². The molecule has 3 rings (SSSR count). The number of carbonyl (C=O) groups is 1. The summed E-state index contributed by atoms with van der Waals surface area (Å²) in [6.07, 6.45) is -3.00. The number of hydrogen-bond acceptors (Lipinski definition) is 5. The van der Waals surface area contributed by atoms with Gasteiger partial charge in [-0.15, -0.1) is 0 Å². The van der Waals surface area contributed by atoms with E-state index in [1.54, 1.807) is 0 Å². The molecule has 1 aliphatic rings. The Morgan fingerprint density at radius 1 is 1.12 bits per heavy atom. The molecule has 1 aromatic carbocycles. The predicted molar refractivity (Wildman–Crippen MR) is 105 cm³/mol. The molecule has 0 aliphatic carbocycles. The third kappa shape index (κ3) is 4.87. The van der Waals surface area contributed by atoms with Crippen molar-refractivity contribution in [3.8, 4) is 0 Å². The van der Waals surface area contributed by atoms with Crippen LogP contribution in [-0.2, 0) is 16.0 Å². The van der Waals surface area contributed by atoms with Crippen molar-refractivity contribution < 1.29 is 35.2 Å². The average molecular weight is 489 g/mol. The Hall–Kier alpha value is -3.34. The summed E-state index contributed by atoms with van der Waals surface area (Å²) >= 11 is 0. The van der Waals surface area contributed by atoms with Crippen LogP contribution in [0.15, 0.2) is 41.6 Å². The van der Waals surface area contributed by atoms with Gasteiger partial charge in [0.2, 0.25) is 15.5 Å². The first kappa shape index (κ1) is 24.3. The van der Waals surface area contributed by atoms with Gasteiger partial charge >= 0.3 is 17.5 Å². The Kier molecular flexibility index (Phi) is 6.55. The number of piperidine rings is 1. The molecule has 1 saturated heterocycles. The van der Waals surface area contributed by atoms with Gasteiger partial charge in [-0.25, -0.2) is 18.1 Å². The number of carbonyl (C=O) groups excluding carboxylic acids is 1. The van der Waals surface area contributed by atoms with E-state index in [-0.39, 0.29) is 32.0 Å². The fraction of sp³-hybridized carbons (Fsp3) is 0.368. The smallest absolute Gasteiger partial charge is 0.325 e. The van der Waals surface area contributed by atoms with Gasteiger partial charge in [-0.2, -0.15) is 32.1 Å². The fourth-order valence-electron chi connectivity index (χ4n) is 3.36. The number of benzene rings is 1. The van der Waals surface area contributed by atoms with Gasteiger partial charge < -0.3 is 10.2 Å². The number of amides is 2. The first-order valence-corrected chi connectivity index (χ1v) is 10.9. The molecule has 0 bridgehead atoms. The summed E-state index contributed by atoms with van der Waals surface area (Å²) in [4.78, 5) is 15.0. The number of nitrogens with zero attached hydrogens (tertiary/aromatic N) is 4. The molecule has 0 radical (unpaired) electrons. The molecule has 2 heterocycles. The Morgan fingerprint density at radius 2 is 1.79 bits per heavy atom. The number of nitrogens with one attached hydrogen (secondary N) is 1. The zero-order valence-corrected chi connectivity index (χ0v) is 17.5. The largest absolute Gasteiger partial charge is 0.415 e.